The average molecular weight is 615 g/mol. The van der Waals surface area contributed by atoms with Gasteiger partial charge in [-0.05, 0) is 74.7 Å². The fourth-order valence-electron chi connectivity index (χ4n) is 10.9. The van der Waals surface area contributed by atoms with Crippen molar-refractivity contribution in [3.63, 3.8) is 0 Å². The second-order valence-electron chi connectivity index (χ2n) is 16.5. The fraction of sp³-hybridized carbons (Fsp3) is 0.917. The molecule has 0 spiro atoms. The van der Waals surface area contributed by atoms with Gasteiger partial charge in [0.25, 0.3) is 0 Å². The molecule has 0 aromatic carbocycles. The van der Waals surface area contributed by atoms with Crippen LogP contribution in [-0.4, -0.2) is 84.4 Å². The predicted molar refractivity (Wildman–Crippen MR) is 180 cm³/mol. The van der Waals surface area contributed by atoms with Crippen molar-refractivity contribution >= 4 is 6.09 Å². The smallest absolute Gasteiger partial charge is 0.407 e. The Kier molecular flexibility index (Phi) is 9.92. The minimum Gasteiger partial charge on any atom is -0.446 e. The average Bonchev–Trinajstić information content (AvgIpc) is 3.27. The van der Waals surface area contributed by atoms with Crippen molar-refractivity contribution in [3.05, 3.63) is 11.6 Å². The molecule has 4 aliphatic carbocycles. The van der Waals surface area contributed by atoms with E-state index in [9.17, 15) is 4.79 Å². The van der Waals surface area contributed by atoms with Gasteiger partial charge in [-0.15, -0.1) is 0 Å². The number of carbonyl (C=O) groups excluding carboxylic acids is 1. The Hall–Kier alpha value is -1.19. The second kappa shape index (κ2) is 12.8. The van der Waals surface area contributed by atoms with Gasteiger partial charge in [-0.25, -0.2) is 4.79 Å². The van der Waals surface area contributed by atoms with Gasteiger partial charge < -0.3 is 32.2 Å². The van der Waals surface area contributed by atoms with Crippen molar-refractivity contribution in [2.24, 2.45) is 45.8 Å². The first-order chi connectivity index (χ1) is 20.7. The Morgan fingerprint density at radius 3 is 2.34 bits per heavy atom. The summed E-state index contributed by atoms with van der Waals surface area (Å²) in [5, 5.41) is 3.01. The number of nitrogens with two attached hydrogens (primary N) is 3. The molecule has 0 aromatic rings. The molecule has 4 fully saturated rings. The van der Waals surface area contributed by atoms with Crippen LogP contribution in [0.1, 0.15) is 112 Å². The minimum absolute atomic E-state index is 0.00838. The largest absolute Gasteiger partial charge is 0.446 e. The van der Waals surface area contributed by atoms with E-state index in [0.717, 1.165) is 90.1 Å². The third kappa shape index (κ3) is 5.56. The molecule has 8 heteroatoms. The van der Waals surface area contributed by atoms with E-state index in [-0.39, 0.29) is 23.0 Å². The van der Waals surface area contributed by atoms with Crippen molar-refractivity contribution in [1.82, 2.24) is 15.1 Å². The minimum atomic E-state index is -0.661. The zero-order chi connectivity index (χ0) is 32.0. The van der Waals surface area contributed by atoms with E-state index < -0.39 is 16.6 Å². The van der Waals surface area contributed by atoms with Crippen LogP contribution in [-0.2, 0) is 4.74 Å². The third-order valence-electron chi connectivity index (χ3n) is 14.1. The Bertz CT molecular complexity index is 1060. The monoisotopic (exact) mass is 615 g/mol. The first-order valence-corrected chi connectivity index (χ1v) is 18.2. The summed E-state index contributed by atoms with van der Waals surface area (Å²) >= 11 is 0. The van der Waals surface area contributed by atoms with Crippen molar-refractivity contribution in [2.75, 3.05) is 45.8 Å². The standard InChI is InChI=1S/C36H66N6O2/c1-7-41-21-23-42(24-22-41)20-19-40-31(43)44-29-12-14-32(5)28(25-29)11-15-36(39)34(37)16-13-30(27(4)10-8-9-26(2)3)33(34,6)17-18-35(32,36)38/h11,26-27,29-30H,7-10,12-25,37-39H2,1-6H3,(H,40,43)/t27-,29+,30-,32+,33-,34+,35+,36-/m1/s1. The van der Waals surface area contributed by atoms with Gasteiger partial charge >= 0.3 is 6.09 Å². The van der Waals surface area contributed by atoms with E-state index in [2.05, 4.69) is 62.7 Å². The van der Waals surface area contributed by atoms with E-state index >= 15 is 0 Å². The van der Waals surface area contributed by atoms with Crippen LogP contribution in [0.4, 0.5) is 4.79 Å². The highest BCUT2D eigenvalue weighted by Gasteiger charge is 2.75. The normalized spacial score (nSPS) is 41.8. The number of likely N-dealkylation sites (N-methyl/N-ethyl adjacent to an activating group) is 1. The zero-order valence-corrected chi connectivity index (χ0v) is 29.1. The number of nitrogens with zero attached hydrogens (tertiary/aromatic N) is 2. The van der Waals surface area contributed by atoms with Crippen LogP contribution in [0.3, 0.4) is 0 Å². The van der Waals surface area contributed by atoms with Gasteiger partial charge in [0.05, 0.1) is 5.54 Å². The summed E-state index contributed by atoms with van der Waals surface area (Å²) in [5.74, 6) is 1.99. The number of ether oxygens (including phenoxy) is 1. The van der Waals surface area contributed by atoms with E-state index in [1.165, 1.54) is 24.8 Å². The molecule has 1 amide bonds. The molecular formula is C36H66N6O2. The number of hydrogen-bond donors (Lipinski definition) is 4. The number of amides is 1. The Labute approximate surface area is 268 Å². The second-order valence-corrected chi connectivity index (χ2v) is 16.5. The highest BCUT2D eigenvalue weighted by atomic mass is 16.6. The van der Waals surface area contributed by atoms with Gasteiger partial charge in [0.1, 0.15) is 6.10 Å². The van der Waals surface area contributed by atoms with Crippen LogP contribution in [0.25, 0.3) is 0 Å². The molecule has 8 atom stereocenters. The molecule has 252 valence electrons. The Morgan fingerprint density at radius 1 is 0.955 bits per heavy atom. The van der Waals surface area contributed by atoms with Crippen molar-refractivity contribution in [1.29, 1.82) is 0 Å². The van der Waals surface area contributed by atoms with Crippen LogP contribution in [0.2, 0.25) is 0 Å². The van der Waals surface area contributed by atoms with Crippen LogP contribution in [0, 0.1) is 28.6 Å². The van der Waals surface area contributed by atoms with Gasteiger partial charge in [0, 0.05) is 62.2 Å². The lowest BCUT2D eigenvalue weighted by molar-refractivity contribution is -0.106. The molecule has 7 N–H and O–H groups in total. The number of hydrogen-bond acceptors (Lipinski definition) is 7. The number of piperazine rings is 1. The maximum atomic E-state index is 12.8. The summed E-state index contributed by atoms with van der Waals surface area (Å²) in [4.78, 5) is 17.7. The quantitative estimate of drug-likeness (QED) is 0.255. The molecule has 0 unspecified atom stereocenters. The van der Waals surface area contributed by atoms with Crippen LogP contribution in [0.15, 0.2) is 11.6 Å². The molecule has 5 aliphatic rings. The maximum absolute atomic E-state index is 12.8. The van der Waals surface area contributed by atoms with E-state index in [4.69, 9.17) is 21.9 Å². The van der Waals surface area contributed by atoms with E-state index in [0.29, 0.717) is 24.8 Å². The molecule has 0 bridgehead atoms. The summed E-state index contributed by atoms with van der Waals surface area (Å²) in [6.07, 6.45) is 13.0. The van der Waals surface area contributed by atoms with Crippen LogP contribution >= 0.6 is 0 Å². The summed E-state index contributed by atoms with van der Waals surface area (Å²) < 4.78 is 5.98. The third-order valence-corrected chi connectivity index (χ3v) is 14.1. The topological polar surface area (TPSA) is 123 Å². The van der Waals surface area contributed by atoms with Gasteiger partial charge in [0.15, 0.2) is 0 Å². The molecule has 3 saturated carbocycles. The summed E-state index contributed by atoms with van der Waals surface area (Å²) in [7, 11) is 0. The lowest BCUT2D eigenvalue weighted by Crippen LogP contribution is -2.88. The van der Waals surface area contributed by atoms with Gasteiger partial charge in [-0.2, -0.15) is 0 Å². The zero-order valence-electron chi connectivity index (χ0n) is 29.1. The number of rotatable bonds is 10. The van der Waals surface area contributed by atoms with Crippen LogP contribution < -0.4 is 22.5 Å². The Balaban J connectivity index is 1.22. The SMILES string of the molecule is CCN1CCN(CCNC(=O)O[C@H]2CC[C@@]3(C)C(=CC[C@]4(N)[C@]3(N)CC[C@]3(C)[C@@H]([C@H](C)CCCC(C)C)CC[C@@]43N)C2)CC1. The fourth-order valence-corrected chi connectivity index (χ4v) is 10.9. The molecular weight excluding hydrogens is 548 g/mol. The lowest BCUT2D eigenvalue weighted by Gasteiger charge is -2.71. The van der Waals surface area contributed by atoms with Gasteiger partial charge in [-0.3, -0.25) is 4.90 Å². The van der Waals surface area contributed by atoms with E-state index in [1.54, 1.807) is 0 Å². The summed E-state index contributed by atoms with van der Waals surface area (Å²) in [5.41, 5.74) is 22.3. The molecule has 0 aromatic heterocycles. The van der Waals surface area contributed by atoms with Gasteiger partial charge in [-0.1, -0.05) is 72.5 Å². The molecule has 8 nitrogen and oxygen atoms in total. The van der Waals surface area contributed by atoms with Gasteiger partial charge in [0.2, 0.25) is 0 Å². The number of nitrogens with one attached hydrogen (secondary N) is 1. The highest BCUT2D eigenvalue weighted by Crippen LogP contribution is 2.69. The number of fused-ring (bicyclic) bond motifs is 5. The summed E-state index contributed by atoms with van der Waals surface area (Å²) in [6.45, 7) is 21.0. The molecule has 1 heterocycles. The molecule has 44 heavy (non-hydrogen) atoms. The van der Waals surface area contributed by atoms with Crippen molar-refractivity contribution < 1.29 is 9.53 Å². The molecule has 1 aliphatic heterocycles. The lowest BCUT2D eigenvalue weighted by atomic mass is 9.38. The maximum Gasteiger partial charge on any atom is 0.407 e. The number of alkyl carbamates (subject to hydrolysis) is 1. The van der Waals surface area contributed by atoms with Crippen molar-refractivity contribution in [2.45, 2.75) is 135 Å². The summed E-state index contributed by atoms with van der Waals surface area (Å²) in [6, 6.07) is 0. The first-order valence-electron chi connectivity index (χ1n) is 18.2. The van der Waals surface area contributed by atoms with Crippen LogP contribution in [0.5, 0.6) is 0 Å². The molecule has 5 rings (SSSR count). The van der Waals surface area contributed by atoms with Crippen molar-refractivity contribution in [3.8, 4) is 0 Å². The number of carbonyl (C=O) groups is 1. The predicted octanol–water partition coefficient (Wildman–Crippen LogP) is 5.00. The highest BCUT2D eigenvalue weighted by molar-refractivity contribution is 5.67. The molecule has 0 radical (unpaired) electrons. The Morgan fingerprint density at radius 2 is 1.66 bits per heavy atom. The first kappa shape index (κ1) is 34.2. The molecule has 1 saturated heterocycles. The van der Waals surface area contributed by atoms with E-state index in [1.807, 2.05) is 0 Å².